The van der Waals surface area contributed by atoms with Crippen LogP contribution in [0.4, 0.5) is 0 Å². The highest BCUT2D eigenvalue weighted by atomic mass is 31.1. The molecule has 0 heterocycles. The van der Waals surface area contributed by atoms with Gasteiger partial charge in [0, 0.05) is 0 Å². The smallest absolute Gasteiger partial charge is 0.0622 e. The predicted octanol–water partition coefficient (Wildman–Crippen LogP) is 3.44. The molecule has 3 aromatic carbocycles. The van der Waals surface area contributed by atoms with E-state index in [1.54, 1.807) is 0 Å². The fourth-order valence-corrected chi connectivity index (χ4v) is 4.34. The Balaban J connectivity index is 2.17. The van der Waals surface area contributed by atoms with E-state index < -0.39 is 7.92 Å². The second kappa shape index (κ2) is 5.82. The zero-order valence-electron chi connectivity index (χ0n) is 11.5. The molecule has 1 heteroatoms. The van der Waals surface area contributed by atoms with Gasteiger partial charge in [-0.2, -0.15) is 0 Å². The molecule has 0 atom stereocenters. The summed E-state index contributed by atoms with van der Waals surface area (Å²) in [7, 11) is -0.654. The van der Waals surface area contributed by atoms with Crippen LogP contribution in [-0.4, -0.2) is 0 Å². The molecule has 0 aromatic heterocycles. The Morgan fingerprint density at radius 2 is 0.947 bits per heavy atom. The van der Waals surface area contributed by atoms with Crippen molar-refractivity contribution in [2.45, 2.75) is 0 Å². The second-order valence-electron chi connectivity index (χ2n) is 4.25. The molecule has 0 unspecified atom stereocenters. The van der Waals surface area contributed by atoms with Gasteiger partial charge in [0.25, 0.3) is 0 Å². The van der Waals surface area contributed by atoms with E-state index in [4.69, 9.17) is 1.37 Å². The maximum absolute atomic E-state index is 8.22. The summed E-state index contributed by atoms with van der Waals surface area (Å²) in [6, 6.07) is 29.5. The normalized spacial score (nSPS) is 11.3. The van der Waals surface area contributed by atoms with Crippen LogP contribution in [0.1, 0.15) is 1.37 Å². The molecule has 0 aliphatic heterocycles. The number of hydrogen-bond acceptors (Lipinski definition) is 0. The van der Waals surface area contributed by atoms with Crippen molar-refractivity contribution in [3.63, 3.8) is 0 Å². The van der Waals surface area contributed by atoms with Gasteiger partial charge in [-0.15, -0.1) is 0 Å². The minimum Gasteiger partial charge on any atom is -0.0622 e. The van der Waals surface area contributed by atoms with E-state index >= 15 is 0 Å². The summed E-state index contributed by atoms with van der Waals surface area (Å²) in [5.74, 6) is 0. The summed E-state index contributed by atoms with van der Waals surface area (Å²) < 4.78 is 8.22. The van der Waals surface area contributed by atoms with Crippen molar-refractivity contribution < 1.29 is 1.37 Å². The molecule has 0 saturated carbocycles. The van der Waals surface area contributed by atoms with Crippen LogP contribution in [0.25, 0.3) is 0 Å². The van der Waals surface area contributed by atoms with E-state index in [0.717, 1.165) is 5.30 Å². The standard InChI is InChI=1S/C18H15P/c1-4-10-16(11-5-1)19(17-12-6-2-7-13-17)18-14-8-3-9-15-18/h1-15H/i10D. The lowest BCUT2D eigenvalue weighted by molar-refractivity contribution is 1.74. The van der Waals surface area contributed by atoms with E-state index in [9.17, 15) is 0 Å². The maximum Gasteiger partial charge on any atom is 0.0630 e. The third kappa shape index (κ3) is 2.75. The minimum absolute atomic E-state index is 0.617. The van der Waals surface area contributed by atoms with Gasteiger partial charge in [0.15, 0.2) is 0 Å². The van der Waals surface area contributed by atoms with Crippen molar-refractivity contribution in [1.29, 1.82) is 0 Å². The van der Waals surface area contributed by atoms with Gasteiger partial charge < -0.3 is 0 Å². The largest absolute Gasteiger partial charge is 0.0630 e. The van der Waals surface area contributed by atoms with Crippen LogP contribution in [-0.2, 0) is 0 Å². The van der Waals surface area contributed by atoms with Crippen molar-refractivity contribution in [2.24, 2.45) is 0 Å². The van der Waals surface area contributed by atoms with Crippen LogP contribution in [0.3, 0.4) is 0 Å². The van der Waals surface area contributed by atoms with Crippen molar-refractivity contribution in [1.82, 2.24) is 0 Å². The van der Waals surface area contributed by atoms with Gasteiger partial charge in [-0.25, -0.2) is 0 Å². The summed E-state index contributed by atoms with van der Waals surface area (Å²) >= 11 is 0. The van der Waals surface area contributed by atoms with Gasteiger partial charge in [0.1, 0.15) is 0 Å². The first kappa shape index (κ1) is 11.0. The van der Waals surface area contributed by atoms with Crippen molar-refractivity contribution >= 4 is 23.8 Å². The Morgan fingerprint density at radius 3 is 1.42 bits per heavy atom. The number of hydrogen-bond donors (Lipinski definition) is 0. The zero-order chi connectivity index (χ0) is 13.8. The molecule has 0 bridgehead atoms. The van der Waals surface area contributed by atoms with Crippen molar-refractivity contribution in [2.75, 3.05) is 0 Å². The first-order valence-electron chi connectivity index (χ1n) is 6.82. The van der Waals surface area contributed by atoms with E-state index in [-0.39, 0.29) is 0 Å². The Hall–Kier alpha value is -1.91. The van der Waals surface area contributed by atoms with Crippen LogP contribution < -0.4 is 15.9 Å². The molecule has 0 fully saturated rings. The van der Waals surface area contributed by atoms with Gasteiger partial charge >= 0.3 is 0 Å². The van der Waals surface area contributed by atoms with Crippen LogP contribution in [0.15, 0.2) is 91.0 Å². The summed E-state index contributed by atoms with van der Waals surface area (Å²) in [5, 5.41) is 3.68. The fourth-order valence-electron chi connectivity index (χ4n) is 2.10. The van der Waals surface area contributed by atoms with Crippen LogP contribution in [0.5, 0.6) is 0 Å². The van der Waals surface area contributed by atoms with Crippen LogP contribution >= 0.6 is 7.92 Å². The molecule has 0 N–H and O–H groups in total. The molecule has 0 nitrogen and oxygen atoms in total. The second-order valence-corrected chi connectivity index (χ2v) is 6.44. The molecule has 0 saturated heterocycles. The van der Waals surface area contributed by atoms with E-state index in [2.05, 4.69) is 54.6 Å². The molecule has 3 rings (SSSR count). The lowest BCUT2D eigenvalue weighted by Gasteiger charge is -2.18. The fraction of sp³-hybridized carbons (Fsp3) is 0. The molecule has 92 valence electrons. The Kier molecular flexibility index (Phi) is 3.36. The number of rotatable bonds is 3. The molecule has 19 heavy (non-hydrogen) atoms. The quantitative estimate of drug-likeness (QED) is 0.635. The van der Waals surface area contributed by atoms with Crippen LogP contribution in [0.2, 0.25) is 0 Å². The zero-order valence-corrected chi connectivity index (χ0v) is 11.4. The molecule has 0 aliphatic carbocycles. The topological polar surface area (TPSA) is 0 Å². The Morgan fingerprint density at radius 1 is 0.526 bits per heavy atom. The molecule has 0 aliphatic rings. The Bertz CT molecular complexity index is 641. The van der Waals surface area contributed by atoms with E-state index in [0.29, 0.717) is 6.04 Å². The van der Waals surface area contributed by atoms with Gasteiger partial charge in [0.2, 0.25) is 0 Å². The lowest BCUT2D eigenvalue weighted by atomic mass is 10.4. The highest BCUT2D eigenvalue weighted by molar-refractivity contribution is 7.79. The first-order chi connectivity index (χ1) is 9.86. The molecular weight excluding hydrogens is 247 g/mol. The highest BCUT2D eigenvalue weighted by Crippen LogP contribution is 2.32. The highest BCUT2D eigenvalue weighted by Gasteiger charge is 2.14. The van der Waals surface area contributed by atoms with E-state index in [1.807, 2.05) is 30.3 Å². The molecular formula is C18H15P. The van der Waals surface area contributed by atoms with Gasteiger partial charge in [-0.05, 0) is 23.8 Å². The summed E-state index contributed by atoms with van der Waals surface area (Å²) in [5.41, 5.74) is 0. The monoisotopic (exact) mass is 263 g/mol. The summed E-state index contributed by atoms with van der Waals surface area (Å²) in [6.07, 6.45) is 0. The lowest BCUT2D eigenvalue weighted by Crippen LogP contribution is -2.20. The van der Waals surface area contributed by atoms with Crippen LogP contribution in [0, 0.1) is 0 Å². The molecule has 0 radical (unpaired) electrons. The maximum atomic E-state index is 8.22. The average molecular weight is 263 g/mol. The molecule has 3 aromatic rings. The van der Waals surface area contributed by atoms with Crippen molar-refractivity contribution in [3.05, 3.63) is 91.0 Å². The van der Waals surface area contributed by atoms with Gasteiger partial charge in [0.05, 0.1) is 1.37 Å². The predicted molar refractivity (Wildman–Crippen MR) is 85.1 cm³/mol. The van der Waals surface area contributed by atoms with Crippen molar-refractivity contribution in [3.8, 4) is 0 Å². The number of benzene rings is 3. The van der Waals surface area contributed by atoms with Gasteiger partial charge in [-0.3, -0.25) is 0 Å². The average Bonchev–Trinajstić information content (AvgIpc) is 2.52. The minimum atomic E-state index is -0.654. The third-order valence-corrected chi connectivity index (χ3v) is 5.35. The summed E-state index contributed by atoms with van der Waals surface area (Å²) in [4.78, 5) is 0. The van der Waals surface area contributed by atoms with Gasteiger partial charge in [-0.1, -0.05) is 91.0 Å². The first-order valence-corrected chi connectivity index (χ1v) is 7.66. The van der Waals surface area contributed by atoms with E-state index in [1.165, 1.54) is 10.6 Å². The third-order valence-electron chi connectivity index (χ3n) is 2.96. The SMILES string of the molecule is [2H]c1ccccc1P(c1ccccc1)c1ccccc1. The molecule has 0 amide bonds. The summed E-state index contributed by atoms with van der Waals surface area (Å²) in [6.45, 7) is 0. The molecule has 0 spiro atoms. The Labute approximate surface area is 116 Å².